The van der Waals surface area contributed by atoms with E-state index in [2.05, 4.69) is 10.2 Å². The minimum Gasteiger partial charge on any atom is -0.508 e. The summed E-state index contributed by atoms with van der Waals surface area (Å²) < 4.78 is 37.3. The lowest BCUT2D eigenvalue weighted by molar-refractivity contribution is -0.166. The van der Waals surface area contributed by atoms with Crippen LogP contribution in [0.25, 0.3) is 0 Å². The van der Waals surface area contributed by atoms with Crippen LogP contribution in [0.3, 0.4) is 0 Å². The fourth-order valence-electron chi connectivity index (χ4n) is 1.14. The Balaban J connectivity index is 2.37. The minimum atomic E-state index is -4.51. The molecule has 6 heteroatoms. The van der Waals surface area contributed by atoms with E-state index in [4.69, 9.17) is 5.11 Å². The molecule has 1 aromatic rings. The molecule has 0 unspecified atom stereocenters. The number of benzene rings is 1. The van der Waals surface area contributed by atoms with Crippen LogP contribution in [0, 0.1) is 0 Å². The van der Waals surface area contributed by atoms with E-state index < -0.39 is 11.8 Å². The van der Waals surface area contributed by atoms with Crippen LogP contribution in [0.2, 0.25) is 0 Å². The molecule has 0 saturated carbocycles. The molecule has 0 amide bonds. The lowest BCUT2D eigenvalue weighted by Crippen LogP contribution is -2.29. The van der Waals surface area contributed by atoms with Crippen LogP contribution in [0.15, 0.2) is 34.5 Å². The van der Waals surface area contributed by atoms with Crippen molar-refractivity contribution in [1.29, 1.82) is 0 Å². The molecule has 3 nitrogen and oxygen atoms in total. The average molecular weight is 202 g/mol. The number of nitrogens with zero attached hydrogens (tertiary/aromatic N) is 2. The van der Waals surface area contributed by atoms with E-state index in [0.29, 0.717) is 0 Å². The maximum atomic E-state index is 12.4. The second-order valence-corrected chi connectivity index (χ2v) is 2.92. The summed E-state index contributed by atoms with van der Waals surface area (Å²) in [5, 5.41) is 14.9. The van der Waals surface area contributed by atoms with Crippen molar-refractivity contribution in [3.63, 3.8) is 0 Å². The highest BCUT2D eigenvalue weighted by Gasteiger charge is 2.65. The number of phenols is 1. The van der Waals surface area contributed by atoms with Gasteiger partial charge in [0.1, 0.15) is 5.75 Å². The molecule has 0 aliphatic carbocycles. The Morgan fingerprint density at radius 1 is 1.07 bits per heavy atom. The van der Waals surface area contributed by atoms with Gasteiger partial charge < -0.3 is 5.11 Å². The Labute approximate surface area is 76.9 Å². The predicted octanol–water partition coefficient (Wildman–Crippen LogP) is 2.57. The van der Waals surface area contributed by atoms with Gasteiger partial charge >= 0.3 is 11.8 Å². The monoisotopic (exact) mass is 202 g/mol. The molecule has 0 fully saturated rings. The van der Waals surface area contributed by atoms with Crippen LogP contribution < -0.4 is 0 Å². The van der Waals surface area contributed by atoms with Gasteiger partial charge in [0.15, 0.2) is 0 Å². The largest absolute Gasteiger partial charge is 0.508 e. The number of hydrogen-bond donors (Lipinski definition) is 1. The minimum absolute atomic E-state index is 0.0807. The molecule has 1 aliphatic heterocycles. The molecule has 1 aliphatic rings. The topological polar surface area (TPSA) is 45.0 Å². The number of alkyl halides is 3. The zero-order valence-corrected chi connectivity index (χ0v) is 6.78. The third-order valence-corrected chi connectivity index (χ3v) is 1.97. The summed E-state index contributed by atoms with van der Waals surface area (Å²) in [5.74, 6) is -0.0910. The van der Waals surface area contributed by atoms with Crippen LogP contribution in [0.5, 0.6) is 5.75 Å². The first-order chi connectivity index (χ1) is 6.46. The molecule has 0 aromatic heterocycles. The quantitative estimate of drug-likeness (QED) is 0.747. The van der Waals surface area contributed by atoms with Gasteiger partial charge in [-0.2, -0.15) is 13.2 Å². The zero-order chi connectivity index (χ0) is 10.4. The van der Waals surface area contributed by atoms with Crippen molar-refractivity contribution in [3.8, 4) is 5.75 Å². The van der Waals surface area contributed by atoms with Gasteiger partial charge in [-0.1, -0.05) is 12.1 Å². The van der Waals surface area contributed by atoms with Gasteiger partial charge in [-0.3, -0.25) is 0 Å². The SMILES string of the molecule is Oc1ccc(C2(C(F)(F)F)N=N2)cc1. The van der Waals surface area contributed by atoms with E-state index >= 15 is 0 Å². The first-order valence-electron chi connectivity index (χ1n) is 3.76. The van der Waals surface area contributed by atoms with E-state index in [-0.39, 0.29) is 11.3 Å². The Hall–Kier alpha value is -1.59. The summed E-state index contributed by atoms with van der Waals surface area (Å²) in [6.45, 7) is 0. The number of rotatable bonds is 1. The van der Waals surface area contributed by atoms with Crippen molar-refractivity contribution >= 4 is 0 Å². The van der Waals surface area contributed by atoms with Crippen molar-refractivity contribution in [2.75, 3.05) is 0 Å². The van der Waals surface area contributed by atoms with Gasteiger partial charge in [0, 0.05) is 5.56 Å². The summed E-state index contributed by atoms with van der Waals surface area (Å²) >= 11 is 0. The van der Waals surface area contributed by atoms with Crippen molar-refractivity contribution < 1.29 is 18.3 Å². The Kier molecular flexibility index (Phi) is 1.58. The van der Waals surface area contributed by atoms with E-state index in [9.17, 15) is 13.2 Å². The first-order valence-corrected chi connectivity index (χ1v) is 3.76. The predicted molar refractivity (Wildman–Crippen MR) is 40.7 cm³/mol. The summed E-state index contributed by atoms with van der Waals surface area (Å²) in [5.41, 5.74) is -2.47. The van der Waals surface area contributed by atoms with Gasteiger partial charge in [-0.05, 0) is 12.1 Å². The normalized spacial score (nSPS) is 18.2. The standard InChI is InChI=1S/C8H5F3N2O/c9-8(10,11)7(12-13-7)5-1-3-6(14)4-2-5/h1-4,14H. The van der Waals surface area contributed by atoms with Gasteiger partial charge in [0.25, 0.3) is 0 Å². The maximum absolute atomic E-state index is 12.4. The molecule has 0 saturated heterocycles. The second kappa shape index (κ2) is 2.46. The molecule has 1 N–H and O–H groups in total. The number of phenolic OH excluding ortho intramolecular Hbond substituents is 1. The molecule has 2 rings (SSSR count). The fourth-order valence-corrected chi connectivity index (χ4v) is 1.14. The van der Waals surface area contributed by atoms with Crippen molar-refractivity contribution in [1.82, 2.24) is 0 Å². The second-order valence-electron chi connectivity index (χ2n) is 2.92. The van der Waals surface area contributed by atoms with Gasteiger partial charge in [0.05, 0.1) is 0 Å². The first kappa shape index (κ1) is 8.98. The molecule has 0 bridgehead atoms. The molecule has 0 radical (unpaired) electrons. The van der Waals surface area contributed by atoms with E-state index in [1.165, 1.54) is 12.1 Å². The van der Waals surface area contributed by atoms with Gasteiger partial charge in [-0.25, -0.2) is 0 Å². The van der Waals surface area contributed by atoms with Crippen LogP contribution in [0.1, 0.15) is 5.56 Å². The highest BCUT2D eigenvalue weighted by Crippen LogP contribution is 2.52. The molecule has 0 spiro atoms. The summed E-state index contributed by atoms with van der Waals surface area (Å²) in [6, 6.07) is 4.66. The molecule has 1 aromatic carbocycles. The van der Waals surface area contributed by atoms with Crippen molar-refractivity contribution in [3.05, 3.63) is 29.8 Å². The molecule has 1 heterocycles. The molecular weight excluding hydrogens is 197 g/mol. The number of aromatic hydroxyl groups is 1. The summed E-state index contributed by atoms with van der Waals surface area (Å²) in [4.78, 5) is 0. The van der Waals surface area contributed by atoms with Crippen LogP contribution in [0.4, 0.5) is 13.2 Å². The van der Waals surface area contributed by atoms with Crippen LogP contribution in [-0.4, -0.2) is 11.3 Å². The van der Waals surface area contributed by atoms with Crippen LogP contribution >= 0.6 is 0 Å². The van der Waals surface area contributed by atoms with E-state index in [1.807, 2.05) is 0 Å². The van der Waals surface area contributed by atoms with Gasteiger partial charge in [0.2, 0.25) is 0 Å². The highest BCUT2D eigenvalue weighted by molar-refractivity contribution is 5.34. The molecule has 0 atom stereocenters. The third-order valence-electron chi connectivity index (χ3n) is 1.97. The maximum Gasteiger partial charge on any atom is 0.442 e. The molecular formula is C8H5F3N2O. The molecule has 74 valence electrons. The number of hydrogen-bond acceptors (Lipinski definition) is 3. The van der Waals surface area contributed by atoms with Crippen molar-refractivity contribution in [2.45, 2.75) is 11.8 Å². The Morgan fingerprint density at radius 2 is 1.57 bits per heavy atom. The average Bonchev–Trinajstić information content (AvgIpc) is 2.84. The zero-order valence-electron chi connectivity index (χ0n) is 6.78. The van der Waals surface area contributed by atoms with Gasteiger partial charge in [-0.15, -0.1) is 10.2 Å². The number of halogens is 3. The Bertz CT molecular complexity index is 377. The molecule has 14 heavy (non-hydrogen) atoms. The third kappa shape index (κ3) is 1.14. The lowest BCUT2D eigenvalue weighted by Gasteiger charge is -2.14. The summed E-state index contributed by atoms with van der Waals surface area (Å²) in [6.07, 6.45) is -4.51. The van der Waals surface area contributed by atoms with E-state index in [1.54, 1.807) is 0 Å². The summed E-state index contributed by atoms with van der Waals surface area (Å²) in [7, 11) is 0. The van der Waals surface area contributed by atoms with E-state index in [0.717, 1.165) is 12.1 Å². The highest BCUT2D eigenvalue weighted by atomic mass is 19.4. The fraction of sp³-hybridized carbons (Fsp3) is 0.250. The lowest BCUT2D eigenvalue weighted by atomic mass is 10.0. The Morgan fingerprint density at radius 3 is 1.93 bits per heavy atom. The van der Waals surface area contributed by atoms with Crippen molar-refractivity contribution in [2.24, 2.45) is 10.2 Å². The van der Waals surface area contributed by atoms with Crippen LogP contribution in [-0.2, 0) is 5.66 Å². The smallest absolute Gasteiger partial charge is 0.442 e.